The number of rotatable bonds is 4. The fraction of sp³-hybridized carbons (Fsp3) is 0.294. The van der Waals surface area contributed by atoms with Crippen LogP contribution >= 0.6 is 11.3 Å². The summed E-state index contributed by atoms with van der Waals surface area (Å²) in [4.78, 5) is 25.2. The number of amides is 1. The van der Waals surface area contributed by atoms with Crippen LogP contribution in [0.1, 0.15) is 20.3 Å². The van der Waals surface area contributed by atoms with Gasteiger partial charge in [-0.1, -0.05) is 25.2 Å². The SMILES string of the molecule is CC(C)CC1Nc2ncnc(Nc3nc4ccc(F)cc4s3)c2NC1=O. The van der Waals surface area contributed by atoms with Crippen molar-refractivity contribution in [2.24, 2.45) is 5.92 Å². The molecule has 1 aliphatic heterocycles. The van der Waals surface area contributed by atoms with E-state index in [0.717, 1.165) is 4.70 Å². The second-order valence-electron chi connectivity index (χ2n) is 6.52. The molecule has 9 heteroatoms. The smallest absolute Gasteiger partial charge is 0.247 e. The molecule has 134 valence electrons. The van der Waals surface area contributed by atoms with Crippen LogP contribution in [0.2, 0.25) is 0 Å². The lowest BCUT2D eigenvalue weighted by Crippen LogP contribution is -2.40. The number of anilines is 4. The predicted molar refractivity (Wildman–Crippen MR) is 100 cm³/mol. The first-order valence-corrected chi connectivity index (χ1v) is 9.07. The molecule has 4 rings (SSSR count). The third-order valence-electron chi connectivity index (χ3n) is 4.01. The summed E-state index contributed by atoms with van der Waals surface area (Å²) in [5, 5.41) is 9.70. The molecule has 0 saturated carbocycles. The molecule has 1 amide bonds. The van der Waals surface area contributed by atoms with Crippen LogP contribution in [0.15, 0.2) is 24.5 Å². The third kappa shape index (κ3) is 3.17. The molecule has 0 fully saturated rings. The first kappa shape index (κ1) is 16.6. The number of carbonyl (C=O) groups excluding carboxylic acids is 1. The van der Waals surface area contributed by atoms with Gasteiger partial charge in [0.1, 0.15) is 23.9 Å². The highest BCUT2D eigenvalue weighted by molar-refractivity contribution is 7.22. The van der Waals surface area contributed by atoms with E-state index in [0.29, 0.717) is 40.3 Å². The summed E-state index contributed by atoms with van der Waals surface area (Å²) in [6.07, 6.45) is 2.13. The normalized spacial score (nSPS) is 16.3. The van der Waals surface area contributed by atoms with Crippen molar-refractivity contribution in [1.82, 2.24) is 15.0 Å². The van der Waals surface area contributed by atoms with Crippen LogP contribution in [0.5, 0.6) is 0 Å². The van der Waals surface area contributed by atoms with E-state index >= 15 is 0 Å². The van der Waals surface area contributed by atoms with Gasteiger partial charge in [-0.15, -0.1) is 0 Å². The molecule has 26 heavy (non-hydrogen) atoms. The maximum atomic E-state index is 13.3. The standard InChI is InChI=1S/C17H17FN6OS/c1-8(2)5-11-16(25)23-13-14(21-11)19-7-20-15(13)24-17-22-10-4-3-9(18)6-12(10)26-17/h3-4,6-8,11H,5H2,1-2H3,(H,23,25)(H2,19,20,21,22,24). The largest absolute Gasteiger partial charge is 0.356 e. The summed E-state index contributed by atoms with van der Waals surface area (Å²) in [6.45, 7) is 4.13. The van der Waals surface area contributed by atoms with Crippen molar-refractivity contribution in [3.05, 3.63) is 30.3 Å². The van der Waals surface area contributed by atoms with Crippen molar-refractivity contribution >= 4 is 49.9 Å². The Labute approximate surface area is 153 Å². The van der Waals surface area contributed by atoms with E-state index in [4.69, 9.17) is 0 Å². The maximum absolute atomic E-state index is 13.3. The van der Waals surface area contributed by atoms with Crippen LogP contribution < -0.4 is 16.0 Å². The molecule has 3 heterocycles. The highest BCUT2D eigenvalue weighted by Gasteiger charge is 2.29. The number of hydrogen-bond acceptors (Lipinski definition) is 7. The molecule has 0 bridgehead atoms. The number of carbonyl (C=O) groups is 1. The zero-order chi connectivity index (χ0) is 18.3. The first-order chi connectivity index (χ1) is 12.5. The summed E-state index contributed by atoms with van der Waals surface area (Å²) in [7, 11) is 0. The molecular formula is C17H17FN6OS. The lowest BCUT2D eigenvalue weighted by atomic mass is 10.0. The third-order valence-corrected chi connectivity index (χ3v) is 4.94. The van der Waals surface area contributed by atoms with Crippen LogP contribution in [-0.2, 0) is 4.79 Å². The molecule has 0 spiro atoms. The van der Waals surface area contributed by atoms with Crippen LogP contribution in [-0.4, -0.2) is 26.9 Å². The minimum atomic E-state index is -0.323. The van der Waals surface area contributed by atoms with Gasteiger partial charge >= 0.3 is 0 Å². The van der Waals surface area contributed by atoms with E-state index in [9.17, 15) is 9.18 Å². The van der Waals surface area contributed by atoms with E-state index in [1.165, 1.54) is 29.8 Å². The molecule has 7 nitrogen and oxygen atoms in total. The van der Waals surface area contributed by atoms with E-state index < -0.39 is 0 Å². The van der Waals surface area contributed by atoms with Crippen molar-refractivity contribution in [2.45, 2.75) is 26.3 Å². The highest BCUT2D eigenvalue weighted by atomic mass is 32.1. The molecule has 2 aromatic heterocycles. The quantitative estimate of drug-likeness (QED) is 0.646. The van der Waals surface area contributed by atoms with E-state index in [2.05, 4.69) is 44.7 Å². The van der Waals surface area contributed by atoms with Gasteiger partial charge < -0.3 is 16.0 Å². The second kappa shape index (κ2) is 6.49. The maximum Gasteiger partial charge on any atom is 0.247 e. The van der Waals surface area contributed by atoms with Crippen LogP contribution in [0.3, 0.4) is 0 Å². The number of fused-ring (bicyclic) bond motifs is 2. The van der Waals surface area contributed by atoms with Gasteiger partial charge in [-0.3, -0.25) is 4.79 Å². The Bertz CT molecular complexity index is 989. The minimum Gasteiger partial charge on any atom is -0.356 e. The highest BCUT2D eigenvalue weighted by Crippen LogP contribution is 2.35. The summed E-state index contributed by atoms with van der Waals surface area (Å²) in [5.41, 5.74) is 1.18. The van der Waals surface area contributed by atoms with Crippen molar-refractivity contribution in [1.29, 1.82) is 0 Å². The molecular weight excluding hydrogens is 355 g/mol. The number of benzene rings is 1. The molecule has 1 aliphatic rings. The second-order valence-corrected chi connectivity index (χ2v) is 7.55. The Kier molecular flexibility index (Phi) is 4.15. The number of hydrogen-bond donors (Lipinski definition) is 3. The minimum absolute atomic E-state index is 0.115. The Hall–Kier alpha value is -2.81. The van der Waals surface area contributed by atoms with Gasteiger partial charge in [0.25, 0.3) is 0 Å². The fourth-order valence-corrected chi connectivity index (χ4v) is 3.73. The van der Waals surface area contributed by atoms with Gasteiger partial charge in [0.2, 0.25) is 5.91 Å². The Morgan fingerprint density at radius 3 is 3.00 bits per heavy atom. The molecule has 1 aromatic carbocycles. The molecule has 0 aliphatic carbocycles. The summed E-state index contributed by atoms with van der Waals surface area (Å²) >= 11 is 1.31. The van der Waals surface area contributed by atoms with Gasteiger partial charge in [-0.25, -0.2) is 19.3 Å². The molecule has 3 aromatic rings. The molecule has 0 radical (unpaired) electrons. The van der Waals surface area contributed by atoms with Gasteiger partial charge in [0.05, 0.1) is 10.2 Å². The first-order valence-electron chi connectivity index (χ1n) is 8.25. The average molecular weight is 372 g/mol. The van der Waals surface area contributed by atoms with E-state index in [1.807, 2.05) is 0 Å². The summed E-state index contributed by atoms with van der Waals surface area (Å²) in [5.74, 6) is 0.968. The van der Waals surface area contributed by atoms with Crippen LogP contribution in [0, 0.1) is 11.7 Å². The van der Waals surface area contributed by atoms with E-state index in [-0.39, 0.29) is 17.8 Å². The predicted octanol–water partition coefficient (Wildman–Crippen LogP) is 3.75. The molecule has 1 unspecified atom stereocenters. The molecule has 3 N–H and O–H groups in total. The number of halogens is 1. The van der Waals surface area contributed by atoms with Crippen molar-refractivity contribution < 1.29 is 9.18 Å². The number of nitrogens with zero attached hydrogens (tertiary/aromatic N) is 3. The number of thiazole rings is 1. The van der Waals surface area contributed by atoms with Gasteiger partial charge in [-0.2, -0.15) is 0 Å². The molecule has 0 saturated heterocycles. The lowest BCUT2D eigenvalue weighted by molar-refractivity contribution is -0.117. The van der Waals surface area contributed by atoms with Crippen molar-refractivity contribution in [3.63, 3.8) is 0 Å². The van der Waals surface area contributed by atoms with Crippen molar-refractivity contribution in [2.75, 3.05) is 16.0 Å². The molecule has 1 atom stereocenters. The summed E-state index contributed by atoms with van der Waals surface area (Å²) in [6, 6.07) is 4.11. The average Bonchev–Trinajstić information content (AvgIpc) is 2.97. The van der Waals surface area contributed by atoms with Gasteiger partial charge in [0.15, 0.2) is 16.8 Å². The summed E-state index contributed by atoms with van der Waals surface area (Å²) < 4.78 is 14.1. The topological polar surface area (TPSA) is 91.8 Å². The van der Waals surface area contributed by atoms with Gasteiger partial charge in [0, 0.05) is 0 Å². The lowest BCUT2D eigenvalue weighted by Gasteiger charge is -2.27. The Morgan fingerprint density at radius 2 is 2.19 bits per heavy atom. The zero-order valence-electron chi connectivity index (χ0n) is 14.2. The van der Waals surface area contributed by atoms with Gasteiger partial charge in [-0.05, 0) is 30.5 Å². The van der Waals surface area contributed by atoms with E-state index in [1.54, 1.807) is 6.07 Å². The Morgan fingerprint density at radius 1 is 1.35 bits per heavy atom. The number of nitrogens with one attached hydrogen (secondary N) is 3. The van der Waals surface area contributed by atoms with Crippen LogP contribution in [0.4, 0.5) is 26.8 Å². The fourth-order valence-electron chi connectivity index (χ4n) is 2.84. The monoisotopic (exact) mass is 372 g/mol. The zero-order valence-corrected chi connectivity index (χ0v) is 15.0. The number of aromatic nitrogens is 3. The Balaban J connectivity index is 1.63. The van der Waals surface area contributed by atoms with Crippen LogP contribution in [0.25, 0.3) is 10.2 Å². The van der Waals surface area contributed by atoms with Crippen molar-refractivity contribution in [3.8, 4) is 0 Å².